The monoisotopic (exact) mass is 406 g/mol. The Bertz CT molecular complexity index is 1100. The summed E-state index contributed by atoms with van der Waals surface area (Å²) in [7, 11) is 0. The molecule has 0 saturated carbocycles. The Morgan fingerprint density at radius 1 is 1.10 bits per heavy atom. The van der Waals surface area contributed by atoms with E-state index in [2.05, 4.69) is 17.4 Å². The number of nitrogens with zero attached hydrogens (tertiary/aromatic N) is 3. The number of carbonyl (C=O) groups is 2. The number of rotatable bonds is 3. The molecule has 1 N–H and O–H groups in total. The Labute approximate surface area is 173 Å². The molecule has 1 unspecified atom stereocenters. The molecule has 7 heteroatoms. The molecule has 2 aliphatic heterocycles. The number of nitrogens with one attached hydrogen (secondary N) is 1. The SMILES string of the molecule is O=C1CC(C(=O)N2CCC(c3ccccc3)(c3cn4cc(F)ccc4n3)CC2)CN1. The number of pyridine rings is 1. The van der Waals surface area contributed by atoms with Gasteiger partial charge in [0.1, 0.15) is 11.5 Å². The molecule has 2 fully saturated rings. The second kappa shape index (κ2) is 7.23. The van der Waals surface area contributed by atoms with Crippen molar-refractivity contribution in [2.45, 2.75) is 24.7 Å². The Morgan fingerprint density at radius 2 is 1.87 bits per heavy atom. The molecular weight excluding hydrogens is 383 g/mol. The van der Waals surface area contributed by atoms with E-state index < -0.39 is 0 Å². The lowest BCUT2D eigenvalue weighted by atomic mass is 9.70. The number of hydrogen-bond donors (Lipinski definition) is 1. The highest BCUT2D eigenvalue weighted by molar-refractivity contribution is 5.89. The summed E-state index contributed by atoms with van der Waals surface area (Å²) < 4.78 is 15.4. The fourth-order valence-electron chi connectivity index (χ4n) is 4.79. The van der Waals surface area contributed by atoms with E-state index in [-0.39, 0.29) is 35.4 Å². The molecule has 30 heavy (non-hydrogen) atoms. The Kier molecular flexibility index (Phi) is 4.53. The van der Waals surface area contributed by atoms with Gasteiger partial charge >= 0.3 is 0 Å². The first-order valence-corrected chi connectivity index (χ1v) is 10.3. The van der Waals surface area contributed by atoms with Crippen LogP contribution in [0.25, 0.3) is 5.65 Å². The second-order valence-corrected chi connectivity index (χ2v) is 8.22. The molecule has 0 radical (unpaired) electrons. The van der Waals surface area contributed by atoms with Crippen LogP contribution in [0.4, 0.5) is 4.39 Å². The van der Waals surface area contributed by atoms with Crippen LogP contribution < -0.4 is 5.32 Å². The van der Waals surface area contributed by atoms with Crippen LogP contribution in [0.3, 0.4) is 0 Å². The minimum absolute atomic E-state index is 0.0482. The number of carbonyl (C=O) groups excluding carboxylic acids is 2. The van der Waals surface area contributed by atoms with E-state index in [9.17, 15) is 14.0 Å². The third kappa shape index (κ3) is 3.14. The zero-order valence-corrected chi connectivity index (χ0v) is 16.6. The third-order valence-electron chi connectivity index (χ3n) is 6.49. The zero-order valence-electron chi connectivity index (χ0n) is 16.6. The highest BCUT2D eigenvalue weighted by atomic mass is 19.1. The predicted octanol–water partition coefficient (Wildman–Crippen LogP) is 2.52. The first-order chi connectivity index (χ1) is 14.5. The molecule has 6 nitrogen and oxygen atoms in total. The zero-order chi connectivity index (χ0) is 20.7. The van der Waals surface area contributed by atoms with Gasteiger partial charge in [0.2, 0.25) is 11.8 Å². The Morgan fingerprint density at radius 3 is 2.57 bits per heavy atom. The number of piperidine rings is 1. The van der Waals surface area contributed by atoms with Crippen LogP contribution in [-0.4, -0.2) is 45.7 Å². The van der Waals surface area contributed by atoms with Gasteiger partial charge in [-0.25, -0.2) is 9.37 Å². The van der Waals surface area contributed by atoms with Crippen molar-refractivity contribution in [2.75, 3.05) is 19.6 Å². The Balaban J connectivity index is 1.47. The molecular formula is C23H23FN4O2. The molecule has 2 aromatic heterocycles. The van der Waals surface area contributed by atoms with Gasteiger partial charge in [0.25, 0.3) is 0 Å². The van der Waals surface area contributed by atoms with E-state index >= 15 is 0 Å². The second-order valence-electron chi connectivity index (χ2n) is 8.22. The van der Waals surface area contributed by atoms with E-state index in [1.807, 2.05) is 29.3 Å². The van der Waals surface area contributed by atoms with Gasteiger partial charge in [-0.15, -0.1) is 0 Å². The number of imidazole rings is 1. The van der Waals surface area contributed by atoms with Crippen molar-refractivity contribution in [1.29, 1.82) is 0 Å². The van der Waals surface area contributed by atoms with Crippen LogP contribution in [0.1, 0.15) is 30.5 Å². The fraction of sp³-hybridized carbons (Fsp3) is 0.348. The number of likely N-dealkylation sites (tertiary alicyclic amines) is 1. The van der Waals surface area contributed by atoms with Gasteiger partial charge in [-0.1, -0.05) is 30.3 Å². The number of aromatic nitrogens is 2. The number of amides is 2. The van der Waals surface area contributed by atoms with Crippen LogP contribution in [0.15, 0.2) is 54.9 Å². The maximum Gasteiger partial charge on any atom is 0.227 e. The average molecular weight is 406 g/mol. The molecule has 2 amide bonds. The summed E-state index contributed by atoms with van der Waals surface area (Å²) in [5, 5.41) is 2.75. The van der Waals surface area contributed by atoms with Crippen molar-refractivity contribution in [3.05, 3.63) is 71.9 Å². The van der Waals surface area contributed by atoms with E-state index in [4.69, 9.17) is 4.98 Å². The molecule has 154 valence electrons. The third-order valence-corrected chi connectivity index (χ3v) is 6.49. The van der Waals surface area contributed by atoms with Gasteiger partial charge in [-0.2, -0.15) is 0 Å². The quantitative estimate of drug-likeness (QED) is 0.727. The number of fused-ring (bicyclic) bond motifs is 1. The lowest BCUT2D eigenvalue weighted by Crippen LogP contribution is -2.48. The first-order valence-electron chi connectivity index (χ1n) is 10.3. The molecule has 0 spiro atoms. The van der Waals surface area contributed by atoms with Crippen molar-refractivity contribution in [3.8, 4) is 0 Å². The van der Waals surface area contributed by atoms with E-state index in [1.54, 1.807) is 10.5 Å². The van der Waals surface area contributed by atoms with Crippen molar-refractivity contribution >= 4 is 17.5 Å². The summed E-state index contributed by atoms with van der Waals surface area (Å²) >= 11 is 0. The van der Waals surface area contributed by atoms with Crippen LogP contribution in [0, 0.1) is 11.7 Å². The highest BCUT2D eigenvalue weighted by Crippen LogP contribution is 2.41. The summed E-state index contributed by atoms with van der Waals surface area (Å²) in [5.74, 6) is -0.576. The van der Waals surface area contributed by atoms with Gasteiger partial charge < -0.3 is 14.6 Å². The molecule has 0 bridgehead atoms. The summed E-state index contributed by atoms with van der Waals surface area (Å²) in [6.07, 6.45) is 5.07. The molecule has 3 aromatic rings. The highest BCUT2D eigenvalue weighted by Gasteiger charge is 2.42. The minimum atomic E-state index is -0.343. The number of halogens is 1. The molecule has 0 aliphatic carbocycles. The van der Waals surface area contributed by atoms with Crippen molar-refractivity contribution < 1.29 is 14.0 Å². The topological polar surface area (TPSA) is 66.7 Å². The molecule has 4 heterocycles. The van der Waals surface area contributed by atoms with E-state index in [0.29, 0.717) is 25.3 Å². The number of hydrogen-bond acceptors (Lipinski definition) is 3. The lowest BCUT2D eigenvalue weighted by Gasteiger charge is -2.42. The van der Waals surface area contributed by atoms with Gasteiger partial charge in [-0.05, 0) is 30.5 Å². The van der Waals surface area contributed by atoms with Gasteiger partial charge in [0.15, 0.2) is 0 Å². The standard InChI is InChI=1S/C23H23FN4O2/c24-18-6-7-20-26-19(15-28(20)14-18)23(17-4-2-1-3-5-17)8-10-27(11-9-23)22(30)16-12-21(29)25-13-16/h1-7,14-16H,8-13H2,(H,25,29). The van der Waals surface area contributed by atoms with Crippen molar-refractivity contribution in [2.24, 2.45) is 5.92 Å². The van der Waals surface area contributed by atoms with Crippen molar-refractivity contribution in [3.63, 3.8) is 0 Å². The van der Waals surface area contributed by atoms with Crippen LogP contribution in [0.2, 0.25) is 0 Å². The van der Waals surface area contributed by atoms with Crippen molar-refractivity contribution in [1.82, 2.24) is 19.6 Å². The average Bonchev–Trinajstić information content (AvgIpc) is 3.40. The minimum Gasteiger partial charge on any atom is -0.355 e. The number of benzene rings is 1. The predicted molar refractivity (Wildman–Crippen MR) is 109 cm³/mol. The maximum atomic E-state index is 13.7. The molecule has 1 atom stereocenters. The molecule has 5 rings (SSSR count). The molecule has 2 saturated heterocycles. The largest absolute Gasteiger partial charge is 0.355 e. The first kappa shape index (κ1) is 18.8. The lowest BCUT2D eigenvalue weighted by molar-refractivity contribution is -0.137. The van der Waals surface area contributed by atoms with Crippen LogP contribution in [0.5, 0.6) is 0 Å². The van der Waals surface area contributed by atoms with Gasteiger partial charge in [-0.3, -0.25) is 9.59 Å². The molecule has 2 aliphatic rings. The van der Waals surface area contributed by atoms with E-state index in [0.717, 1.165) is 24.1 Å². The Hall–Kier alpha value is -3.22. The summed E-state index contributed by atoms with van der Waals surface area (Å²) in [6.45, 7) is 1.62. The van der Waals surface area contributed by atoms with E-state index in [1.165, 1.54) is 12.3 Å². The maximum absolute atomic E-state index is 13.7. The summed E-state index contributed by atoms with van der Waals surface area (Å²) in [5.41, 5.74) is 2.41. The normalized spacial score (nSPS) is 21.0. The summed E-state index contributed by atoms with van der Waals surface area (Å²) in [4.78, 5) is 31.1. The van der Waals surface area contributed by atoms with Gasteiger partial charge in [0.05, 0.1) is 11.6 Å². The fourth-order valence-corrected chi connectivity index (χ4v) is 4.79. The van der Waals surface area contributed by atoms with Crippen LogP contribution >= 0.6 is 0 Å². The molecule has 1 aromatic carbocycles. The smallest absolute Gasteiger partial charge is 0.227 e. The van der Waals surface area contributed by atoms with Gasteiger partial charge in [0, 0.05) is 43.9 Å². The van der Waals surface area contributed by atoms with Crippen LogP contribution in [-0.2, 0) is 15.0 Å². The summed E-state index contributed by atoms with van der Waals surface area (Å²) in [6, 6.07) is 13.3.